The number of nitrogens with zero attached hydrogens (tertiary/aromatic N) is 2. The molecule has 0 unspecified atom stereocenters. The van der Waals surface area contributed by atoms with Gasteiger partial charge in [-0.3, -0.25) is 4.79 Å². The first-order chi connectivity index (χ1) is 14.5. The predicted molar refractivity (Wildman–Crippen MR) is 105 cm³/mol. The summed E-state index contributed by atoms with van der Waals surface area (Å²) in [5.74, 6) is -6.64. The van der Waals surface area contributed by atoms with Crippen molar-refractivity contribution in [1.29, 1.82) is 0 Å². The fourth-order valence-corrected chi connectivity index (χ4v) is 3.58. The second-order valence-electron chi connectivity index (χ2n) is 7.15. The van der Waals surface area contributed by atoms with E-state index >= 15 is 4.39 Å². The lowest BCUT2D eigenvalue weighted by atomic mass is 10.0. The average molecular weight is 437 g/mol. The molecule has 1 aliphatic heterocycles. The molecule has 0 saturated carbocycles. The highest BCUT2D eigenvalue weighted by Crippen LogP contribution is 2.38. The Morgan fingerprint density at radius 1 is 1.06 bits per heavy atom. The molecule has 7 N–H and O–H groups in total. The normalized spacial score (nSPS) is 14.2. The maximum atomic E-state index is 15.6. The van der Waals surface area contributed by atoms with Gasteiger partial charge in [0.15, 0.2) is 11.6 Å². The fourth-order valence-electron chi connectivity index (χ4n) is 3.58. The smallest absolute Gasteiger partial charge is 0.341 e. The summed E-state index contributed by atoms with van der Waals surface area (Å²) in [5, 5.41) is 8.57. The molecule has 1 aromatic heterocycles. The monoisotopic (exact) mass is 437 g/mol. The number of benzene rings is 2. The van der Waals surface area contributed by atoms with E-state index in [-0.39, 0.29) is 19.1 Å². The molecule has 0 bridgehead atoms. The zero-order valence-electron chi connectivity index (χ0n) is 15.6. The molecule has 0 spiro atoms. The highest BCUT2D eigenvalue weighted by Gasteiger charge is 2.33. The third kappa shape index (κ3) is 2.94. The number of hydrogen-bond donors (Lipinski definition) is 4. The van der Waals surface area contributed by atoms with E-state index in [1.54, 1.807) is 0 Å². The number of anilines is 3. The number of aromatic carboxylic acids is 1. The van der Waals surface area contributed by atoms with Crippen LogP contribution in [0.15, 0.2) is 23.1 Å². The zero-order valence-corrected chi connectivity index (χ0v) is 15.6. The number of fused-ring (bicyclic) bond motifs is 1. The second-order valence-corrected chi connectivity index (χ2v) is 7.15. The lowest BCUT2D eigenvalue weighted by molar-refractivity contribution is 0.0695. The van der Waals surface area contributed by atoms with Gasteiger partial charge in [0.05, 0.1) is 28.0 Å². The molecule has 0 amide bonds. The van der Waals surface area contributed by atoms with Gasteiger partial charge in [-0.1, -0.05) is 0 Å². The Kier molecular flexibility index (Phi) is 4.54. The Balaban J connectivity index is 2.20. The van der Waals surface area contributed by atoms with E-state index in [0.29, 0.717) is 16.8 Å². The van der Waals surface area contributed by atoms with E-state index in [4.69, 9.17) is 17.2 Å². The van der Waals surface area contributed by atoms with Crippen molar-refractivity contribution in [1.82, 2.24) is 4.57 Å². The zero-order chi connectivity index (χ0) is 22.8. The van der Waals surface area contributed by atoms with Crippen molar-refractivity contribution in [2.24, 2.45) is 5.73 Å². The molecule has 0 atom stereocenters. The van der Waals surface area contributed by atoms with E-state index < -0.39 is 73.9 Å². The van der Waals surface area contributed by atoms with E-state index in [9.17, 15) is 27.9 Å². The standard InChI is InChI=1S/C19H15F4N5O3/c20-8-1-9(21)11(2-10(8)25)28-5-7(19(30)31)18(29)12-15(26)13(22)17(14(23)16(12)28)27-3-6(24)4-27/h1-2,5-6H,3-4,24-26H2,(H,30,31). The average Bonchev–Trinajstić information content (AvgIpc) is 2.67. The van der Waals surface area contributed by atoms with Crippen LogP contribution < -0.4 is 27.5 Å². The van der Waals surface area contributed by atoms with Crippen LogP contribution in [0.5, 0.6) is 0 Å². The Morgan fingerprint density at radius 3 is 2.29 bits per heavy atom. The number of carboxylic acids is 1. The predicted octanol–water partition coefficient (Wildman–Crippen LogP) is 1.56. The van der Waals surface area contributed by atoms with Crippen LogP contribution in [0.25, 0.3) is 16.6 Å². The van der Waals surface area contributed by atoms with E-state index in [0.717, 1.165) is 6.07 Å². The van der Waals surface area contributed by atoms with Crippen molar-refractivity contribution >= 4 is 33.9 Å². The first-order valence-electron chi connectivity index (χ1n) is 8.87. The molecule has 3 aromatic rings. The lowest BCUT2D eigenvalue weighted by Crippen LogP contribution is -2.56. The van der Waals surface area contributed by atoms with Gasteiger partial charge in [-0.2, -0.15) is 0 Å². The molecule has 4 rings (SSSR count). The van der Waals surface area contributed by atoms with Crippen LogP contribution in [-0.2, 0) is 0 Å². The number of nitrogens with two attached hydrogens (primary N) is 3. The Morgan fingerprint density at radius 2 is 1.71 bits per heavy atom. The third-order valence-electron chi connectivity index (χ3n) is 5.12. The largest absolute Gasteiger partial charge is 0.477 e. The number of rotatable bonds is 3. The van der Waals surface area contributed by atoms with Crippen molar-refractivity contribution in [3.8, 4) is 5.69 Å². The van der Waals surface area contributed by atoms with Crippen LogP contribution in [0.1, 0.15) is 10.4 Å². The van der Waals surface area contributed by atoms with Crippen molar-refractivity contribution in [3.05, 3.63) is 57.4 Å². The van der Waals surface area contributed by atoms with Gasteiger partial charge in [0.25, 0.3) is 0 Å². The Labute approximate surface area is 171 Å². The summed E-state index contributed by atoms with van der Waals surface area (Å²) in [6.45, 7) is 0.183. The number of nitrogen functional groups attached to an aromatic ring is 2. The van der Waals surface area contributed by atoms with Crippen LogP contribution in [0.4, 0.5) is 34.6 Å². The van der Waals surface area contributed by atoms with Crippen LogP contribution in [0.2, 0.25) is 0 Å². The molecule has 162 valence electrons. The lowest BCUT2D eigenvalue weighted by Gasteiger charge is -2.39. The second kappa shape index (κ2) is 6.87. The third-order valence-corrected chi connectivity index (χ3v) is 5.12. The van der Waals surface area contributed by atoms with Gasteiger partial charge in [0.2, 0.25) is 5.43 Å². The summed E-state index contributed by atoms with van der Waals surface area (Å²) in [6.07, 6.45) is 0.648. The summed E-state index contributed by atoms with van der Waals surface area (Å²) >= 11 is 0. The number of pyridine rings is 1. The first-order valence-corrected chi connectivity index (χ1v) is 8.87. The number of aromatic nitrogens is 1. The van der Waals surface area contributed by atoms with E-state index in [1.165, 1.54) is 4.90 Å². The molecule has 1 saturated heterocycles. The molecule has 12 heteroatoms. The van der Waals surface area contributed by atoms with Gasteiger partial charge in [0, 0.05) is 31.4 Å². The minimum Gasteiger partial charge on any atom is -0.477 e. The van der Waals surface area contributed by atoms with Gasteiger partial charge >= 0.3 is 5.97 Å². The summed E-state index contributed by atoms with van der Waals surface area (Å²) in [7, 11) is 0. The molecule has 2 aromatic carbocycles. The van der Waals surface area contributed by atoms with Crippen LogP contribution in [-0.4, -0.2) is 34.8 Å². The summed E-state index contributed by atoms with van der Waals surface area (Å²) < 4.78 is 59.4. The van der Waals surface area contributed by atoms with Crippen LogP contribution in [0.3, 0.4) is 0 Å². The summed E-state index contributed by atoms with van der Waals surface area (Å²) in [6, 6.07) is 0.856. The Bertz CT molecular complexity index is 1340. The quantitative estimate of drug-likeness (QED) is 0.360. The molecule has 0 radical (unpaired) electrons. The molecule has 1 fully saturated rings. The highest BCUT2D eigenvalue weighted by atomic mass is 19.1. The van der Waals surface area contributed by atoms with Gasteiger partial charge in [-0.25, -0.2) is 22.4 Å². The van der Waals surface area contributed by atoms with Crippen molar-refractivity contribution < 1.29 is 27.5 Å². The molecule has 0 aliphatic carbocycles. The van der Waals surface area contributed by atoms with Crippen molar-refractivity contribution in [2.75, 3.05) is 29.5 Å². The fraction of sp³-hybridized carbons (Fsp3) is 0.158. The highest BCUT2D eigenvalue weighted by molar-refractivity contribution is 6.00. The minimum atomic E-state index is -1.74. The maximum absolute atomic E-state index is 15.6. The summed E-state index contributed by atoms with van der Waals surface area (Å²) in [5.41, 5.74) is 11.5. The van der Waals surface area contributed by atoms with E-state index in [2.05, 4.69) is 0 Å². The SMILES string of the molecule is Nc1cc(-n2cc(C(=O)O)c(=O)c3c(N)c(F)c(N4CC(N)C4)c(F)c32)c(F)cc1F. The number of carboxylic acid groups (broad SMARTS) is 1. The molecular formula is C19H15F4N5O3. The number of halogens is 4. The topological polar surface area (TPSA) is 141 Å². The summed E-state index contributed by atoms with van der Waals surface area (Å²) in [4.78, 5) is 25.5. The van der Waals surface area contributed by atoms with Crippen molar-refractivity contribution in [2.45, 2.75) is 6.04 Å². The van der Waals surface area contributed by atoms with Gasteiger partial charge < -0.3 is 31.8 Å². The van der Waals surface area contributed by atoms with E-state index in [1.807, 2.05) is 0 Å². The molecule has 2 heterocycles. The maximum Gasteiger partial charge on any atom is 0.341 e. The molecular weight excluding hydrogens is 422 g/mol. The first kappa shape index (κ1) is 20.5. The molecule has 1 aliphatic rings. The van der Waals surface area contributed by atoms with Crippen LogP contribution >= 0.6 is 0 Å². The Hall–Kier alpha value is -3.80. The van der Waals surface area contributed by atoms with Crippen LogP contribution in [0, 0.1) is 23.3 Å². The van der Waals surface area contributed by atoms with Gasteiger partial charge in [0.1, 0.15) is 22.9 Å². The van der Waals surface area contributed by atoms with Crippen molar-refractivity contribution in [3.63, 3.8) is 0 Å². The van der Waals surface area contributed by atoms with Gasteiger partial charge in [-0.15, -0.1) is 0 Å². The minimum absolute atomic E-state index is 0.0914. The molecule has 8 nitrogen and oxygen atoms in total. The number of carbonyl (C=O) groups is 1. The number of hydrogen-bond acceptors (Lipinski definition) is 6. The van der Waals surface area contributed by atoms with Gasteiger partial charge in [-0.05, 0) is 6.07 Å². The molecule has 31 heavy (non-hydrogen) atoms.